The average molecular weight is 254 g/mol. The van der Waals surface area contributed by atoms with E-state index >= 15 is 0 Å². The van der Waals surface area contributed by atoms with Gasteiger partial charge in [0.05, 0.1) is 24.0 Å². The van der Waals surface area contributed by atoms with E-state index in [-0.39, 0.29) is 5.56 Å². The summed E-state index contributed by atoms with van der Waals surface area (Å²) in [6.07, 6.45) is 3.41. The molecule has 2 aromatic heterocycles. The number of hydrogen-bond acceptors (Lipinski definition) is 3. The largest absolute Gasteiger partial charge is 0.398 e. The maximum atomic E-state index is 12.4. The van der Waals surface area contributed by atoms with Crippen LogP contribution in [0.3, 0.4) is 0 Å². The Bertz CT molecular complexity index is 801. The number of nitrogens with zero attached hydrogens (tertiary/aromatic N) is 2. The molecule has 0 fully saturated rings. The third kappa shape index (κ3) is 1.89. The first-order valence-corrected chi connectivity index (χ1v) is 6.03. The number of nitrogens with one attached hydrogen (secondary N) is 1. The molecule has 0 bridgehead atoms. The standard InChI is InChI=1S/C14H14N4O/c1-9-12(17-8-16-9)7-18-6-5-10-3-2-4-11(15)13(10)14(18)19/h2-6,8H,7,15H2,1H3,(H,16,17). The number of nitrogens with two attached hydrogens (primary N) is 1. The molecule has 96 valence electrons. The zero-order chi connectivity index (χ0) is 13.4. The summed E-state index contributed by atoms with van der Waals surface area (Å²) in [4.78, 5) is 19.6. The van der Waals surface area contributed by atoms with E-state index in [0.717, 1.165) is 16.8 Å². The minimum absolute atomic E-state index is 0.0852. The molecule has 0 aliphatic heterocycles. The number of hydrogen-bond donors (Lipinski definition) is 2. The summed E-state index contributed by atoms with van der Waals surface area (Å²) < 4.78 is 1.63. The minimum Gasteiger partial charge on any atom is -0.398 e. The topological polar surface area (TPSA) is 76.7 Å². The van der Waals surface area contributed by atoms with Gasteiger partial charge in [-0.25, -0.2) is 4.98 Å². The number of rotatable bonds is 2. The zero-order valence-electron chi connectivity index (χ0n) is 10.6. The average Bonchev–Trinajstić information content (AvgIpc) is 2.79. The van der Waals surface area contributed by atoms with E-state index in [0.29, 0.717) is 17.6 Å². The summed E-state index contributed by atoms with van der Waals surface area (Å²) in [5.41, 5.74) is 8.14. The zero-order valence-corrected chi connectivity index (χ0v) is 10.6. The third-order valence-corrected chi connectivity index (χ3v) is 3.29. The Morgan fingerprint density at radius 2 is 2.21 bits per heavy atom. The first-order chi connectivity index (χ1) is 9.16. The van der Waals surface area contributed by atoms with Crippen molar-refractivity contribution >= 4 is 16.5 Å². The van der Waals surface area contributed by atoms with Gasteiger partial charge >= 0.3 is 0 Å². The fourth-order valence-corrected chi connectivity index (χ4v) is 2.19. The summed E-state index contributed by atoms with van der Waals surface area (Å²) >= 11 is 0. The van der Waals surface area contributed by atoms with Crippen molar-refractivity contribution in [1.82, 2.24) is 14.5 Å². The Kier molecular flexibility index (Phi) is 2.59. The Balaban J connectivity index is 2.16. The molecule has 3 rings (SSSR count). The SMILES string of the molecule is Cc1[nH]cnc1Cn1ccc2cccc(N)c2c1=O. The number of imidazole rings is 1. The van der Waals surface area contributed by atoms with Crippen LogP contribution in [-0.4, -0.2) is 14.5 Å². The fraction of sp³-hybridized carbons (Fsp3) is 0.143. The Labute approximate surface area is 109 Å². The van der Waals surface area contributed by atoms with Crippen LogP contribution in [0.1, 0.15) is 11.4 Å². The molecule has 3 N–H and O–H groups in total. The highest BCUT2D eigenvalue weighted by Crippen LogP contribution is 2.16. The van der Waals surface area contributed by atoms with E-state index in [9.17, 15) is 4.79 Å². The number of aromatic nitrogens is 3. The van der Waals surface area contributed by atoms with Crippen LogP contribution in [0.4, 0.5) is 5.69 Å². The van der Waals surface area contributed by atoms with Gasteiger partial charge in [0.1, 0.15) is 0 Å². The van der Waals surface area contributed by atoms with E-state index in [1.54, 1.807) is 23.2 Å². The number of pyridine rings is 1. The highest BCUT2D eigenvalue weighted by Gasteiger charge is 2.08. The predicted molar refractivity (Wildman–Crippen MR) is 75.0 cm³/mol. The lowest BCUT2D eigenvalue weighted by Crippen LogP contribution is -2.21. The van der Waals surface area contributed by atoms with Crippen molar-refractivity contribution in [3.8, 4) is 0 Å². The molecule has 0 saturated heterocycles. The number of aryl methyl sites for hydroxylation is 1. The molecule has 0 unspecified atom stereocenters. The van der Waals surface area contributed by atoms with Gasteiger partial charge in [-0.2, -0.15) is 0 Å². The molecule has 0 saturated carbocycles. The minimum atomic E-state index is -0.0852. The van der Waals surface area contributed by atoms with Crippen molar-refractivity contribution in [2.24, 2.45) is 0 Å². The van der Waals surface area contributed by atoms with Gasteiger partial charge in [-0.15, -0.1) is 0 Å². The Morgan fingerprint density at radius 3 is 2.95 bits per heavy atom. The van der Waals surface area contributed by atoms with E-state index in [2.05, 4.69) is 9.97 Å². The van der Waals surface area contributed by atoms with Gasteiger partial charge in [0.2, 0.25) is 0 Å². The molecule has 1 aromatic carbocycles. The second-order valence-corrected chi connectivity index (χ2v) is 4.53. The summed E-state index contributed by atoms with van der Waals surface area (Å²) in [6.45, 7) is 2.38. The van der Waals surface area contributed by atoms with Crippen LogP contribution in [0.2, 0.25) is 0 Å². The van der Waals surface area contributed by atoms with Crippen LogP contribution >= 0.6 is 0 Å². The van der Waals surface area contributed by atoms with Gasteiger partial charge in [0, 0.05) is 17.6 Å². The van der Waals surface area contributed by atoms with Crippen LogP contribution in [0.5, 0.6) is 0 Å². The van der Waals surface area contributed by atoms with Crippen LogP contribution in [0.25, 0.3) is 10.8 Å². The number of nitrogen functional groups attached to an aromatic ring is 1. The van der Waals surface area contributed by atoms with Crippen molar-refractivity contribution < 1.29 is 0 Å². The smallest absolute Gasteiger partial charge is 0.260 e. The van der Waals surface area contributed by atoms with Crippen molar-refractivity contribution in [3.63, 3.8) is 0 Å². The molecule has 2 heterocycles. The van der Waals surface area contributed by atoms with Crippen molar-refractivity contribution in [3.05, 3.63) is 58.5 Å². The van der Waals surface area contributed by atoms with Crippen LogP contribution < -0.4 is 11.3 Å². The number of anilines is 1. The first kappa shape index (κ1) is 11.5. The second-order valence-electron chi connectivity index (χ2n) is 4.53. The lowest BCUT2D eigenvalue weighted by molar-refractivity contribution is 0.746. The molecule has 5 nitrogen and oxygen atoms in total. The molecule has 5 heteroatoms. The molecule has 0 atom stereocenters. The van der Waals surface area contributed by atoms with Crippen molar-refractivity contribution in [1.29, 1.82) is 0 Å². The quantitative estimate of drug-likeness (QED) is 0.683. The second kappa shape index (κ2) is 4.28. The molecule has 0 radical (unpaired) electrons. The van der Waals surface area contributed by atoms with Crippen LogP contribution in [-0.2, 0) is 6.54 Å². The number of fused-ring (bicyclic) bond motifs is 1. The summed E-state index contributed by atoms with van der Waals surface area (Å²) in [5, 5.41) is 1.43. The highest BCUT2D eigenvalue weighted by molar-refractivity contribution is 5.91. The lowest BCUT2D eigenvalue weighted by atomic mass is 10.1. The number of aromatic amines is 1. The van der Waals surface area contributed by atoms with E-state index in [1.807, 2.05) is 25.1 Å². The van der Waals surface area contributed by atoms with E-state index < -0.39 is 0 Å². The fourth-order valence-electron chi connectivity index (χ4n) is 2.19. The van der Waals surface area contributed by atoms with Gasteiger partial charge in [-0.3, -0.25) is 4.79 Å². The molecule has 0 spiro atoms. The number of H-pyrrole nitrogens is 1. The molecule has 0 aliphatic rings. The van der Waals surface area contributed by atoms with Gasteiger partial charge in [-0.05, 0) is 24.4 Å². The van der Waals surface area contributed by atoms with Gasteiger partial charge in [-0.1, -0.05) is 12.1 Å². The molecule has 3 aromatic rings. The van der Waals surface area contributed by atoms with Crippen LogP contribution in [0.15, 0.2) is 41.6 Å². The predicted octanol–water partition coefficient (Wildman–Crippen LogP) is 1.66. The molecular weight excluding hydrogens is 240 g/mol. The molecule has 0 amide bonds. The summed E-state index contributed by atoms with van der Waals surface area (Å²) in [6, 6.07) is 7.37. The third-order valence-electron chi connectivity index (χ3n) is 3.29. The number of benzene rings is 1. The monoisotopic (exact) mass is 254 g/mol. The van der Waals surface area contributed by atoms with Crippen LogP contribution in [0, 0.1) is 6.92 Å². The van der Waals surface area contributed by atoms with E-state index in [1.165, 1.54) is 0 Å². The highest BCUT2D eigenvalue weighted by atomic mass is 16.1. The summed E-state index contributed by atoms with van der Waals surface area (Å²) in [7, 11) is 0. The molecule has 19 heavy (non-hydrogen) atoms. The van der Waals surface area contributed by atoms with Gasteiger partial charge in [0.25, 0.3) is 5.56 Å². The summed E-state index contributed by atoms with van der Waals surface area (Å²) in [5.74, 6) is 0. The van der Waals surface area contributed by atoms with Crippen molar-refractivity contribution in [2.75, 3.05) is 5.73 Å². The normalized spacial score (nSPS) is 11.0. The Hall–Kier alpha value is -2.56. The molecule has 0 aliphatic carbocycles. The van der Waals surface area contributed by atoms with Gasteiger partial charge < -0.3 is 15.3 Å². The van der Waals surface area contributed by atoms with Gasteiger partial charge in [0.15, 0.2) is 0 Å². The maximum Gasteiger partial charge on any atom is 0.260 e. The molecular formula is C14H14N4O. The maximum absolute atomic E-state index is 12.4. The first-order valence-electron chi connectivity index (χ1n) is 6.03. The lowest BCUT2D eigenvalue weighted by Gasteiger charge is -2.07. The Morgan fingerprint density at radius 1 is 1.37 bits per heavy atom. The van der Waals surface area contributed by atoms with Crippen molar-refractivity contribution in [2.45, 2.75) is 13.5 Å². The van der Waals surface area contributed by atoms with E-state index in [4.69, 9.17) is 5.73 Å².